The first-order valence-electron chi connectivity index (χ1n) is 7.55. The Morgan fingerprint density at radius 3 is 2.75 bits per heavy atom. The standard InChI is InChI=1S/C17H18N2O5/c1-23-15-12-6-4-3-5-10(12)7-13(18-15)16(21)19-9-11(20)8-14(19)17(22)24-2/h3-7,11,14,20H,8-9H2,1-2H3/t11-,14+/m1/s1. The molecule has 2 aromatic rings. The number of hydrogen-bond donors (Lipinski definition) is 1. The monoisotopic (exact) mass is 330 g/mol. The van der Waals surface area contributed by atoms with E-state index in [0.29, 0.717) is 5.88 Å². The van der Waals surface area contributed by atoms with Crippen molar-refractivity contribution in [2.75, 3.05) is 20.8 Å². The van der Waals surface area contributed by atoms with Crippen LogP contribution in [0.4, 0.5) is 0 Å². The second-order valence-corrected chi connectivity index (χ2v) is 5.62. The molecule has 1 saturated heterocycles. The van der Waals surface area contributed by atoms with Crippen LogP contribution >= 0.6 is 0 Å². The van der Waals surface area contributed by atoms with Crippen molar-refractivity contribution in [3.05, 3.63) is 36.0 Å². The Bertz CT molecular complexity index is 792. The number of aliphatic hydroxyl groups is 1. The number of aromatic nitrogens is 1. The van der Waals surface area contributed by atoms with E-state index >= 15 is 0 Å². The Morgan fingerprint density at radius 1 is 1.29 bits per heavy atom. The predicted octanol–water partition coefficient (Wildman–Crippen LogP) is 0.992. The number of likely N-dealkylation sites (tertiary alicyclic amines) is 1. The first kappa shape index (κ1) is 16.2. The number of rotatable bonds is 3. The fourth-order valence-corrected chi connectivity index (χ4v) is 2.98. The van der Waals surface area contributed by atoms with Gasteiger partial charge in [0.2, 0.25) is 5.88 Å². The molecule has 24 heavy (non-hydrogen) atoms. The van der Waals surface area contributed by atoms with Gasteiger partial charge in [-0.15, -0.1) is 0 Å². The third-order valence-corrected chi connectivity index (χ3v) is 4.13. The molecule has 7 nitrogen and oxygen atoms in total. The number of hydrogen-bond acceptors (Lipinski definition) is 6. The van der Waals surface area contributed by atoms with Gasteiger partial charge in [0.1, 0.15) is 11.7 Å². The maximum Gasteiger partial charge on any atom is 0.328 e. The van der Waals surface area contributed by atoms with Gasteiger partial charge in [-0.2, -0.15) is 0 Å². The van der Waals surface area contributed by atoms with Gasteiger partial charge >= 0.3 is 5.97 Å². The van der Waals surface area contributed by atoms with Gasteiger partial charge in [-0.1, -0.05) is 18.2 Å². The quantitative estimate of drug-likeness (QED) is 0.844. The number of methoxy groups -OCH3 is 2. The van der Waals surface area contributed by atoms with E-state index in [0.717, 1.165) is 10.8 Å². The van der Waals surface area contributed by atoms with Gasteiger partial charge in [0.15, 0.2) is 0 Å². The average Bonchev–Trinajstić information content (AvgIpc) is 3.01. The lowest BCUT2D eigenvalue weighted by atomic mass is 10.1. The van der Waals surface area contributed by atoms with Gasteiger partial charge in [-0.05, 0) is 17.5 Å². The fraction of sp³-hybridized carbons (Fsp3) is 0.353. The highest BCUT2D eigenvalue weighted by Crippen LogP contribution is 2.27. The van der Waals surface area contributed by atoms with E-state index < -0.39 is 24.0 Å². The van der Waals surface area contributed by atoms with Crippen LogP contribution in [0, 0.1) is 0 Å². The number of pyridine rings is 1. The van der Waals surface area contributed by atoms with Crippen LogP contribution in [0.5, 0.6) is 5.88 Å². The molecule has 1 aliphatic rings. The van der Waals surface area contributed by atoms with E-state index in [9.17, 15) is 14.7 Å². The zero-order valence-corrected chi connectivity index (χ0v) is 13.4. The molecule has 126 valence electrons. The predicted molar refractivity (Wildman–Crippen MR) is 85.8 cm³/mol. The lowest BCUT2D eigenvalue weighted by Crippen LogP contribution is -2.41. The highest BCUT2D eigenvalue weighted by molar-refractivity contribution is 6.00. The van der Waals surface area contributed by atoms with E-state index in [1.165, 1.54) is 19.1 Å². The van der Waals surface area contributed by atoms with E-state index in [2.05, 4.69) is 4.98 Å². The number of benzene rings is 1. The Kier molecular flexibility index (Phi) is 4.35. The molecule has 2 heterocycles. The smallest absolute Gasteiger partial charge is 0.328 e. The summed E-state index contributed by atoms with van der Waals surface area (Å²) >= 11 is 0. The van der Waals surface area contributed by atoms with Crippen molar-refractivity contribution < 1.29 is 24.2 Å². The van der Waals surface area contributed by atoms with Crippen LogP contribution in [-0.4, -0.2) is 59.8 Å². The first-order chi connectivity index (χ1) is 11.5. The summed E-state index contributed by atoms with van der Waals surface area (Å²) < 4.78 is 10.00. The minimum absolute atomic E-state index is 0.0649. The van der Waals surface area contributed by atoms with Crippen LogP contribution in [-0.2, 0) is 9.53 Å². The second-order valence-electron chi connectivity index (χ2n) is 5.62. The summed E-state index contributed by atoms with van der Waals surface area (Å²) in [6.45, 7) is 0.0649. The number of carbonyl (C=O) groups is 2. The number of nitrogens with zero attached hydrogens (tertiary/aromatic N) is 2. The third kappa shape index (κ3) is 2.78. The van der Waals surface area contributed by atoms with Crippen LogP contribution in [0.3, 0.4) is 0 Å². The Morgan fingerprint density at radius 2 is 2.04 bits per heavy atom. The molecule has 0 bridgehead atoms. The van der Waals surface area contributed by atoms with Gasteiger partial charge in [-0.25, -0.2) is 9.78 Å². The highest BCUT2D eigenvalue weighted by atomic mass is 16.5. The summed E-state index contributed by atoms with van der Waals surface area (Å²) in [5, 5.41) is 11.4. The number of fused-ring (bicyclic) bond motifs is 1. The number of esters is 1. The molecule has 7 heteroatoms. The number of aliphatic hydroxyl groups excluding tert-OH is 1. The first-order valence-corrected chi connectivity index (χ1v) is 7.55. The van der Waals surface area contributed by atoms with Gasteiger partial charge in [-0.3, -0.25) is 4.79 Å². The number of β-amino-alcohol motifs (C(OH)–C–C–N with tert-alkyl or cyclic N) is 1. The van der Waals surface area contributed by atoms with Crippen molar-refractivity contribution in [1.29, 1.82) is 0 Å². The fourth-order valence-electron chi connectivity index (χ4n) is 2.98. The summed E-state index contributed by atoms with van der Waals surface area (Å²) in [6, 6.07) is 8.26. The van der Waals surface area contributed by atoms with E-state index in [-0.39, 0.29) is 18.7 Å². The lowest BCUT2D eigenvalue weighted by molar-refractivity contribution is -0.145. The SMILES string of the molecule is COC(=O)[C@@H]1C[C@@H](O)CN1C(=O)c1cc2ccccc2c(OC)n1. The second kappa shape index (κ2) is 6.45. The molecule has 0 unspecified atom stereocenters. The average molecular weight is 330 g/mol. The molecule has 1 aromatic heterocycles. The molecule has 0 saturated carbocycles. The summed E-state index contributed by atoms with van der Waals surface area (Å²) in [6.07, 6.45) is -0.608. The number of ether oxygens (including phenoxy) is 2. The van der Waals surface area contributed by atoms with E-state index in [4.69, 9.17) is 9.47 Å². The van der Waals surface area contributed by atoms with Crippen LogP contribution in [0.2, 0.25) is 0 Å². The molecule has 0 radical (unpaired) electrons. The van der Waals surface area contributed by atoms with Crippen molar-refractivity contribution >= 4 is 22.6 Å². The summed E-state index contributed by atoms with van der Waals surface area (Å²) in [5.41, 5.74) is 0.161. The van der Waals surface area contributed by atoms with Gasteiger partial charge < -0.3 is 19.5 Å². The van der Waals surface area contributed by atoms with E-state index in [1.807, 2.05) is 24.3 Å². The summed E-state index contributed by atoms with van der Waals surface area (Å²) in [7, 11) is 2.74. The van der Waals surface area contributed by atoms with Crippen molar-refractivity contribution in [2.24, 2.45) is 0 Å². The largest absolute Gasteiger partial charge is 0.481 e. The molecule has 1 aliphatic heterocycles. The molecule has 2 atom stereocenters. The zero-order valence-electron chi connectivity index (χ0n) is 13.4. The van der Waals surface area contributed by atoms with Crippen LogP contribution in [0.15, 0.2) is 30.3 Å². The summed E-state index contributed by atoms with van der Waals surface area (Å²) in [5.74, 6) is -0.649. The molecule has 0 aliphatic carbocycles. The van der Waals surface area contributed by atoms with Gasteiger partial charge in [0.25, 0.3) is 5.91 Å². The maximum atomic E-state index is 12.8. The van der Waals surface area contributed by atoms with Gasteiger partial charge in [0, 0.05) is 18.4 Å². The minimum atomic E-state index is -0.809. The maximum absolute atomic E-state index is 12.8. The van der Waals surface area contributed by atoms with Crippen molar-refractivity contribution in [3.63, 3.8) is 0 Å². The van der Waals surface area contributed by atoms with Gasteiger partial charge in [0.05, 0.1) is 20.3 Å². The highest BCUT2D eigenvalue weighted by Gasteiger charge is 2.40. The zero-order chi connectivity index (χ0) is 17.3. The summed E-state index contributed by atoms with van der Waals surface area (Å²) in [4.78, 5) is 30.3. The lowest BCUT2D eigenvalue weighted by Gasteiger charge is -2.22. The van der Waals surface area contributed by atoms with Crippen LogP contribution in [0.1, 0.15) is 16.9 Å². The molecule has 1 aromatic carbocycles. The Balaban J connectivity index is 2.00. The molecule has 1 N–H and O–H groups in total. The third-order valence-electron chi connectivity index (χ3n) is 4.13. The Hall–Kier alpha value is -2.67. The van der Waals surface area contributed by atoms with Crippen molar-refractivity contribution in [3.8, 4) is 5.88 Å². The normalized spacial score (nSPS) is 20.2. The molecule has 3 rings (SSSR count). The molecule has 1 fully saturated rings. The molecular formula is C17H18N2O5. The number of carbonyl (C=O) groups excluding carboxylic acids is 2. The van der Waals surface area contributed by atoms with Crippen LogP contribution < -0.4 is 4.74 Å². The molecular weight excluding hydrogens is 312 g/mol. The van der Waals surface area contributed by atoms with E-state index in [1.54, 1.807) is 6.07 Å². The number of amides is 1. The molecule has 1 amide bonds. The minimum Gasteiger partial charge on any atom is -0.481 e. The van der Waals surface area contributed by atoms with Crippen LogP contribution in [0.25, 0.3) is 10.8 Å². The van der Waals surface area contributed by atoms with Crippen molar-refractivity contribution in [2.45, 2.75) is 18.6 Å². The Labute approximate surface area is 138 Å². The molecule has 0 spiro atoms. The topological polar surface area (TPSA) is 89.0 Å². The van der Waals surface area contributed by atoms with Crippen molar-refractivity contribution in [1.82, 2.24) is 9.88 Å².